The van der Waals surface area contributed by atoms with Crippen molar-refractivity contribution in [2.45, 2.75) is 38.8 Å². The van der Waals surface area contributed by atoms with Gasteiger partial charge in [-0.2, -0.15) is 0 Å². The van der Waals surface area contributed by atoms with Crippen LogP contribution in [0.2, 0.25) is 0 Å². The van der Waals surface area contributed by atoms with Crippen molar-refractivity contribution >= 4 is 33.2 Å². The molecule has 1 aromatic rings. The van der Waals surface area contributed by atoms with E-state index in [2.05, 4.69) is 33.0 Å². The van der Waals surface area contributed by atoms with Crippen molar-refractivity contribution in [3.05, 3.63) is 20.8 Å². The van der Waals surface area contributed by atoms with E-state index in [0.717, 1.165) is 29.7 Å². The Morgan fingerprint density at radius 2 is 2.39 bits per heavy atom. The summed E-state index contributed by atoms with van der Waals surface area (Å²) in [4.78, 5) is 15.5. The smallest absolute Gasteiger partial charge is 0.323 e. The molecular formula is C13H18BrNO2S. The topological polar surface area (TPSA) is 29.5 Å². The number of thiophene rings is 1. The van der Waals surface area contributed by atoms with Crippen molar-refractivity contribution in [1.82, 2.24) is 4.90 Å². The van der Waals surface area contributed by atoms with Crippen LogP contribution in [0.25, 0.3) is 0 Å². The minimum absolute atomic E-state index is 0.0559. The maximum atomic E-state index is 11.9. The van der Waals surface area contributed by atoms with Crippen LogP contribution in [0.5, 0.6) is 0 Å². The molecule has 0 amide bonds. The van der Waals surface area contributed by atoms with E-state index in [1.54, 1.807) is 11.3 Å². The lowest BCUT2D eigenvalue weighted by atomic mass is 10.0. The summed E-state index contributed by atoms with van der Waals surface area (Å²) in [7, 11) is 0. The lowest BCUT2D eigenvalue weighted by molar-refractivity contribution is -0.151. The molecule has 1 aliphatic rings. The summed E-state index contributed by atoms with van der Waals surface area (Å²) in [6.45, 7) is 4.16. The zero-order valence-electron chi connectivity index (χ0n) is 10.5. The highest BCUT2D eigenvalue weighted by Crippen LogP contribution is 2.26. The highest BCUT2D eigenvalue weighted by atomic mass is 79.9. The Bertz CT molecular complexity index is 407. The quantitative estimate of drug-likeness (QED) is 0.791. The third kappa shape index (κ3) is 3.56. The Balaban J connectivity index is 2.01. The number of hydrogen-bond donors (Lipinski definition) is 0. The molecule has 2 heterocycles. The lowest BCUT2D eigenvalue weighted by Gasteiger charge is -2.33. The van der Waals surface area contributed by atoms with E-state index in [4.69, 9.17) is 4.74 Å². The van der Waals surface area contributed by atoms with Crippen LogP contribution in [0, 0.1) is 0 Å². The van der Waals surface area contributed by atoms with Gasteiger partial charge in [0.1, 0.15) is 6.04 Å². The summed E-state index contributed by atoms with van der Waals surface area (Å²) in [5.74, 6) is -0.0622. The summed E-state index contributed by atoms with van der Waals surface area (Å²) < 4.78 is 6.31. The molecule has 2 rings (SSSR count). The van der Waals surface area contributed by atoms with Gasteiger partial charge in [-0.15, -0.1) is 11.3 Å². The van der Waals surface area contributed by atoms with E-state index < -0.39 is 0 Å². The Labute approximate surface area is 120 Å². The Morgan fingerprint density at radius 3 is 3.06 bits per heavy atom. The molecule has 18 heavy (non-hydrogen) atoms. The Morgan fingerprint density at radius 1 is 1.56 bits per heavy atom. The average Bonchev–Trinajstić information content (AvgIpc) is 2.76. The summed E-state index contributed by atoms with van der Waals surface area (Å²) in [5.41, 5.74) is 0. The van der Waals surface area contributed by atoms with Crippen LogP contribution in [0.1, 0.15) is 31.1 Å². The number of nitrogens with zero attached hydrogens (tertiary/aromatic N) is 1. The molecule has 100 valence electrons. The van der Waals surface area contributed by atoms with Gasteiger partial charge in [0.15, 0.2) is 0 Å². The zero-order valence-corrected chi connectivity index (χ0v) is 12.9. The van der Waals surface area contributed by atoms with Gasteiger partial charge in [-0.3, -0.25) is 9.69 Å². The highest BCUT2D eigenvalue weighted by molar-refractivity contribution is 9.11. The maximum Gasteiger partial charge on any atom is 0.323 e. The van der Waals surface area contributed by atoms with Crippen LogP contribution >= 0.6 is 27.3 Å². The second kappa shape index (κ2) is 6.68. The predicted molar refractivity (Wildman–Crippen MR) is 76.7 cm³/mol. The standard InChI is InChI=1S/C13H18BrNO2S/c1-2-17-13(16)11-5-3-4-8-15(11)9-10-6-7-12(14)18-10/h6-7,11H,2-5,8-9H2,1H3/t11-/m0/s1. The van der Waals surface area contributed by atoms with Crippen LogP contribution in [-0.2, 0) is 16.1 Å². The molecule has 1 fully saturated rings. The van der Waals surface area contributed by atoms with Gasteiger partial charge in [0.05, 0.1) is 10.4 Å². The predicted octanol–water partition coefficient (Wildman–Crippen LogP) is 3.43. The fourth-order valence-electron chi connectivity index (χ4n) is 2.32. The van der Waals surface area contributed by atoms with Crippen LogP contribution in [-0.4, -0.2) is 30.1 Å². The fourth-order valence-corrected chi connectivity index (χ4v) is 3.83. The summed E-state index contributed by atoms with van der Waals surface area (Å²) >= 11 is 5.21. The van der Waals surface area contributed by atoms with Crippen LogP contribution in [0.4, 0.5) is 0 Å². The number of halogens is 1. The number of ether oxygens (including phenoxy) is 1. The van der Waals surface area contributed by atoms with Crippen molar-refractivity contribution < 1.29 is 9.53 Å². The average molecular weight is 332 g/mol. The van der Waals surface area contributed by atoms with Crippen molar-refractivity contribution in [3.63, 3.8) is 0 Å². The SMILES string of the molecule is CCOC(=O)[C@@H]1CCCCN1Cc1ccc(Br)s1. The van der Waals surface area contributed by atoms with Crippen molar-refractivity contribution in [2.75, 3.05) is 13.2 Å². The lowest BCUT2D eigenvalue weighted by Crippen LogP contribution is -2.44. The zero-order chi connectivity index (χ0) is 13.0. The second-order valence-corrected chi connectivity index (χ2v) is 6.99. The molecule has 0 spiro atoms. The highest BCUT2D eigenvalue weighted by Gasteiger charge is 2.29. The normalized spacial score (nSPS) is 20.9. The van der Waals surface area contributed by atoms with E-state index in [1.807, 2.05) is 6.92 Å². The summed E-state index contributed by atoms with van der Waals surface area (Å²) in [5, 5.41) is 0. The molecule has 0 aromatic carbocycles. The van der Waals surface area contributed by atoms with Gasteiger partial charge in [0, 0.05) is 11.4 Å². The van der Waals surface area contributed by atoms with Crippen LogP contribution in [0.15, 0.2) is 15.9 Å². The van der Waals surface area contributed by atoms with Gasteiger partial charge in [-0.25, -0.2) is 0 Å². The molecule has 1 atom stereocenters. The number of carbonyl (C=O) groups excluding carboxylic acids is 1. The first-order valence-electron chi connectivity index (χ1n) is 6.35. The van der Waals surface area contributed by atoms with Gasteiger partial charge < -0.3 is 4.74 Å². The van der Waals surface area contributed by atoms with E-state index in [-0.39, 0.29) is 12.0 Å². The maximum absolute atomic E-state index is 11.9. The molecule has 1 aliphatic heterocycles. The first kappa shape index (κ1) is 14.0. The molecule has 0 bridgehead atoms. The largest absolute Gasteiger partial charge is 0.465 e. The van der Waals surface area contributed by atoms with Gasteiger partial charge in [-0.1, -0.05) is 6.42 Å². The molecule has 0 aliphatic carbocycles. The number of hydrogen-bond acceptors (Lipinski definition) is 4. The Hall–Kier alpha value is -0.390. The van der Waals surface area contributed by atoms with Crippen molar-refractivity contribution in [2.24, 2.45) is 0 Å². The number of likely N-dealkylation sites (tertiary alicyclic amines) is 1. The van der Waals surface area contributed by atoms with Crippen LogP contribution < -0.4 is 0 Å². The van der Waals surface area contributed by atoms with Crippen molar-refractivity contribution in [1.29, 1.82) is 0 Å². The first-order chi connectivity index (χ1) is 8.70. The van der Waals surface area contributed by atoms with Crippen LogP contribution in [0.3, 0.4) is 0 Å². The summed E-state index contributed by atoms with van der Waals surface area (Å²) in [6, 6.07) is 4.12. The molecular weight excluding hydrogens is 314 g/mol. The molecule has 3 nitrogen and oxygen atoms in total. The third-order valence-corrected chi connectivity index (χ3v) is 4.77. The van der Waals surface area contributed by atoms with Gasteiger partial charge in [0.2, 0.25) is 0 Å². The second-order valence-electron chi connectivity index (χ2n) is 4.44. The minimum atomic E-state index is -0.0622. The summed E-state index contributed by atoms with van der Waals surface area (Å²) in [6.07, 6.45) is 3.21. The molecule has 5 heteroatoms. The number of esters is 1. The molecule has 0 unspecified atom stereocenters. The van der Waals surface area contributed by atoms with E-state index in [1.165, 1.54) is 11.3 Å². The minimum Gasteiger partial charge on any atom is -0.465 e. The number of piperidine rings is 1. The molecule has 0 N–H and O–H groups in total. The van der Waals surface area contributed by atoms with E-state index >= 15 is 0 Å². The van der Waals surface area contributed by atoms with Gasteiger partial charge in [-0.05, 0) is 54.4 Å². The molecule has 0 saturated carbocycles. The van der Waals surface area contributed by atoms with Crippen molar-refractivity contribution in [3.8, 4) is 0 Å². The van der Waals surface area contributed by atoms with Gasteiger partial charge in [0.25, 0.3) is 0 Å². The fraction of sp³-hybridized carbons (Fsp3) is 0.615. The number of rotatable bonds is 4. The molecule has 1 aromatic heterocycles. The monoisotopic (exact) mass is 331 g/mol. The van der Waals surface area contributed by atoms with E-state index in [0.29, 0.717) is 6.61 Å². The van der Waals surface area contributed by atoms with E-state index in [9.17, 15) is 4.79 Å². The molecule has 0 radical (unpaired) electrons. The number of carbonyl (C=O) groups is 1. The first-order valence-corrected chi connectivity index (χ1v) is 7.96. The third-order valence-electron chi connectivity index (χ3n) is 3.16. The van der Waals surface area contributed by atoms with Gasteiger partial charge >= 0.3 is 5.97 Å². The Kier molecular flexibility index (Phi) is 5.21. The molecule has 1 saturated heterocycles.